The summed E-state index contributed by atoms with van der Waals surface area (Å²) >= 11 is 0. The molecule has 0 saturated heterocycles. The van der Waals surface area contributed by atoms with Crippen molar-refractivity contribution < 1.29 is 4.79 Å². The minimum atomic E-state index is 0.00419. The molecule has 0 fully saturated rings. The molecule has 1 heterocycles. The van der Waals surface area contributed by atoms with Gasteiger partial charge in [-0.05, 0) is 25.0 Å². The molecule has 0 aromatic carbocycles. The third kappa shape index (κ3) is 3.82. The van der Waals surface area contributed by atoms with Crippen LogP contribution in [0.3, 0.4) is 0 Å². The number of aromatic nitrogens is 1. The molecule has 0 radical (unpaired) electrons. The predicted octanol–water partition coefficient (Wildman–Crippen LogP) is 1.80. The molecule has 4 heteroatoms. The number of pyridine rings is 1. The Morgan fingerprint density at radius 3 is 2.65 bits per heavy atom. The normalized spacial score (nSPS) is 10.3. The van der Waals surface area contributed by atoms with Crippen molar-refractivity contribution in [1.29, 1.82) is 0 Å². The Hall–Kier alpha value is -1.42. The Kier molecular flexibility index (Phi) is 5.63. The van der Waals surface area contributed by atoms with E-state index in [-0.39, 0.29) is 5.91 Å². The minimum Gasteiger partial charge on any atom is -0.338 e. The Bertz CT molecular complexity index is 348. The summed E-state index contributed by atoms with van der Waals surface area (Å²) in [5, 5.41) is 0. The van der Waals surface area contributed by atoms with E-state index in [1.54, 1.807) is 12.3 Å². The van der Waals surface area contributed by atoms with Gasteiger partial charge >= 0.3 is 0 Å². The second kappa shape index (κ2) is 7.01. The van der Waals surface area contributed by atoms with Crippen molar-refractivity contribution >= 4 is 5.91 Å². The molecule has 1 amide bonds. The third-order valence-corrected chi connectivity index (χ3v) is 2.73. The van der Waals surface area contributed by atoms with Gasteiger partial charge in [-0.15, -0.1) is 0 Å². The van der Waals surface area contributed by atoms with Gasteiger partial charge in [-0.25, -0.2) is 0 Å². The van der Waals surface area contributed by atoms with E-state index in [0.29, 0.717) is 12.2 Å². The number of rotatable bonds is 6. The van der Waals surface area contributed by atoms with E-state index in [1.165, 1.54) is 0 Å². The van der Waals surface area contributed by atoms with E-state index in [0.717, 1.165) is 31.5 Å². The van der Waals surface area contributed by atoms with Gasteiger partial charge in [0.1, 0.15) is 5.69 Å². The molecule has 0 saturated carbocycles. The second-order valence-corrected chi connectivity index (χ2v) is 3.99. The first-order valence-corrected chi connectivity index (χ1v) is 6.17. The highest BCUT2D eigenvalue weighted by molar-refractivity contribution is 5.92. The molecule has 1 aromatic heterocycles. The molecule has 17 heavy (non-hydrogen) atoms. The van der Waals surface area contributed by atoms with Crippen LogP contribution in [0.15, 0.2) is 18.3 Å². The topological polar surface area (TPSA) is 59.2 Å². The number of hydrogen-bond donors (Lipinski definition) is 1. The standard InChI is InChI=1S/C13H21N3O/c1-3-5-8-16(4-2)13(17)12-7-6-11(9-14)10-15-12/h6-7,10H,3-5,8-9,14H2,1-2H3. The number of carbonyl (C=O) groups excluding carboxylic acids is 1. The fourth-order valence-electron chi connectivity index (χ4n) is 1.59. The number of unbranched alkanes of at least 4 members (excludes halogenated alkanes) is 1. The molecule has 1 rings (SSSR count). The van der Waals surface area contributed by atoms with Crippen molar-refractivity contribution in [2.24, 2.45) is 5.73 Å². The Labute approximate surface area is 103 Å². The van der Waals surface area contributed by atoms with Crippen LogP contribution in [0, 0.1) is 0 Å². The number of hydrogen-bond acceptors (Lipinski definition) is 3. The maximum absolute atomic E-state index is 12.1. The molecule has 0 spiro atoms. The maximum atomic E-state index is 12.1. The zero-order valence-electron chi connectivity index (χ0n) is 10.6. The fourth-order valence-corrected chi connectivity index (χ4v) is 1.59. The highest BCUT2D eigenvalue weighted by Crippen LogP contribution is 2.05. The van der Waals surface area contributed by atoms with Crippen LogP contribution in [-0.4, -0.2) is 28.9 Å². The lowest BCUT2D eigenvalue weighted by atomic mass is 10.2. The van der Waals surface area contributed by atoms with Crippen LogP contribution in [0.1, 0.15) is 42.7 Å². The summed E-state index contributed by atoms with van der Waals surface area (Å²) in [7, 11) is 0. The van der Waals surface area contributed by atoms with Gasteiger partial charge in [0.2, 0.25) is 0 Å². The second-order valence-electron chi connectivity index (χ2n) is 3.99. The number of nitrogens with two attached hydrogens (primary N) is 1. The molecule has 0 atom stereocenters. The summed E-state index contributed by atoms with van der Waals surface area (Å²) in [4.78, 5) is 18.1. The average Bonchev–Trinajstić information content (AvgIpc) is 2.39. The molecular weight excluding hydrogens is 214 g/mol. The number of nitrogens with zero attached hydrogens (tertiary/aromatic N) is 2. The molecule has 4 nitrogen and oxygen atoms in total. The summed E-state index contributed by atoms with van der Waals surface area (Å²) in [5.74, 6) is 0.00419. The van der Waals surface area contributed by atoms with E-state index in [4.69, 9.17) is 5.73 Å². The lowest BCUT2D eigenvalue weighted by molar-refractivity contribution is 0.0756. The first kappa shape index (κ1) is 13.6. The summed E-state index contributed by atoms with van der Waals surface area (Å²) in [6.07, 6.45) is 3.78. The van der Waals surface area contributed by atoms with Gasteiger partial charge in [0.05, 0.1) is 0 Å². The fraction of sp³-hybridized carbons (Fsp3) is 0.538. The van der Waals surface area contributed by atoms with Crippen molar-refractivity contribution in [2.45, 2.75) is 33.2 Å². The summed E-state index contributed by atoms with van der Waals surface area (Å²) < 4.78 is 0. The van der Waals surface area contributed by atoms with E-state index in [2.05, 4.69) is 11.9 Å². The lowest BCUT2D eigenvalue weighted by Gasteiger charge is -2.20. The highest BCUT2D eigenvalue weighted by atomic mass is 16.2. The molecule has 0 bridgehead atoms. The molecule has 0 unspecified atom stereocenters. The summed E-state index contributed by atoms with van der Waals surface area (Å²) in [6.45, 7) is 6.08. The summed E-state index contributed by atoms with van der Waals surface area (Å²) in [6, 6.07) is 3.60. The van der Waals surface area contributed by atoms with E-state index < -0.39 is 0 Å². The van der Waals surface area contributed by atoms with Crippen molar-refractivity contribution in [3.8, 4) is 0 Å². The van der Waals surface area contributed by atoms with Gasteiger partial charge in [-0.3, -0.25) is 9.78 Å². The summed E-state index contributed by atoms with van der Waals surface area (Å²) in [5.41, 5.74) is 6.94. The first-order valence-electron chi connectivity index (χ1n) is 6.17. The van der Waals surface area contributed by atoms with Gasteiger partial charge in [-0.2, -0.15) is 0 Å². The van der Waals surface area contributed by atoms with Crippen LogP contribution in [0.25, 0.3) is 0 Å². The monoisotopic (exact) mass is 235 g/mol. The van der Waals surface area contributed by atoms with Crippen LogP contribution in [0.5, 0.6) is 0 Å². The van der Waals surface area contributed by atoms with Crippen molar-refractivity contribution in [3.63, 3.8) is 0 Å². The minimum absolute atomic E-state index is 0.00419. The smallest absolute Gasteiger partial charge is 0.272 e. The quantitative estimate of drug-likeness (QED) is 0.818. The average molecular weight is 235 g/mol. The first-order chi connectivity index (χ1) is 8.22. The highest BCUT2D eigenvalue weighted by Gasteiger charge is 2.14. The zero-order chi connectivity index (χ0) is 12.7. The molecular formula is C13H21N3O. The zero-order valence-corrected chi connectivity index (χ0v) is 10.6. The maximum Gasteiger partial charge on any atom is 0.272 e. The van der Waals surface area contributed by atoms with Gasteiger partial charge in [0.25, 0.3) is 5.91 Å². The van der Waals surface area contributed by atoms with E-state index in [1.807, 2.05) is 17.9 Å². The molecule has 0 aliphatic carbocycles. The lowest BCUT2D eigenvalue weighted by Crippen LogP contribution is -2.32. The Balaban J connectivity index is 2.71. The molecule has 94 valence electrons. The van der Waals surface area contributed by atoms with E-state index >= 15 is 0 Å². The van der Waals surface area contributed by atoms with Gasteiger partial charge in [0, 0.05) is 25.8 Å². The van der Waals surface area contributed by atoms with Crippen LogP contribution < -0.4 is 5.73 Å². The molecule has 2 N–H and O–H groups in total. The molecule has 0 aliphatic heterocycles. The number of carbonyl (C=O) groups is 1. The Morgan fingerprint density at radius 1 is 1.41 bits per heavy atom. The molecule has 1 aromatic rings. The van der Waals surface area contributed by atoms with Crippen molar-refractivity contribution in [3.05, 3.63) is 29.6 Å². The van der Waals surface area contributed by atoms with E-state index in [9.17, 15) is 4.79 Å². The SMILES string of the molecule is CCCCN(CC)C(=O)c1ccc(CN)cn1. The van der Waals surface area contributed by atoms with Crippen LogP contribution >= 0.6 is 0 Å². The largest absolute Gasteiger partial charge is 0.338 e. The van der Waals surface area contributed by atoms with Crippen molar-refractivity contribution in [2.75, 3.05) is 13.1 Å². The molecule has 0 aliphatic rings. The van der Waals surface area contributed by atoms with Gasteiger partial charge in [-0.1, -0.05) is 19.4 Å². The number of amides is 1. The third-order valence-electron chi connectivity index (χ3n) is 2.73. The van der Waals surface area contributed by atoms with Crippen LogP contribution in [0.4, 0.5) is 0 Å². The van der Waals surface area contributed by atoms with Gasteiger partial charge < -0.3 is 10.6 Å². The van der Waals surface area contributed by atoms with Crippen LogP contribution in [-0.2, 0) is 6.54 Å². The van der Waals surface area contributed by atoms with Crippen molar-refractivity contribution in [1.82, 2.24) is 9.88 Å². The van der Waals surface area contributed by atoms with Crippen LogP contribution in [0.2, 0.25) is 0 Å². The van der Waals surface area contributed by atoms with Gasteiger partial charge in [0.15, 0.2) is 0 Å². The Morgan fingerprint density at radius 2 is 2.18 bits per heavy atom. The predicted molar refractivity (Wildman–Crippen MR) is 68.6 cm³/mol.